The Morgan fingerprint density at radius 3 is 2.30 bits per heavy atom. The van der Waals surface area contributed by atoms with Gasteiger partial charge in [-0.2, -0.15) is 5.10 Å². The number of hydrazone groups is 1. The zero-order valence-corrected chi connectivity index (χ0v) is 15.3. The van der Waals surface area contributed by atoms with Crippen LogP contribution in [0.4, 0.5) is 0 Å². The van der Waals surface area contributed by atoms with E-state index in [-0.39, 0.29) is 11.7 Å². The van der Waals surface area contributed by atoms with Crippen molar-refractivity contribution < 1.29 is 4.79 Å². The lowest BCUT2D eigenvalue weighted by molar-refractivity contribution is -0.118. The van der Waals surface area contributed by atoms with Gasteiger partial charge in [-0.1, -0.05) is 72.4 Å². The number of aromatic nitrogens is 4. The largest absolute Gasteiger partial charge is 0.272 e. The average Bonchev–Trinajstić information content (AvgIpc) is 3.46. The number of tetrazole rings is 1. The number of nitrogens with one attached hydrogen (secondary N) is 1. The fraction of sp³-hybridized carbons (Fsp3) is 0.211. The van der Waals surface area contributed by atoms with Gasteiger partial charge in [0.1, 0.15) is 0 Å². The zero-order valence-electron chi connectivity index (χ0n) is 14.5. The molecule has 0 spiro atoms. The third-order valence-corrected chi connectivity index (χ3v) is 5.01. The monoisotopic (exact) mass is 378 g/mol. The maximum atomic E-state index is 12.3. The topological polar surface area (TPSA) is 85.1 Å². The van der Waals surface area contributed by atoms with Gasteiger partial charge in [-0.25, -0.2) is 10.1 Å². The van der Waals surface area contributed by atoms with Crippen molar-refractivity contribution in [2.45, 2.75) is 24.0 Å². The molecular formula is C19H18N6OS. The highest BCUT2D eigenvalue weighted by molar-refractivity contribution is 7.99. The summed E-state index contributed by atoms with van der Waals surface area (Å²) in [7, 11) is 0. The fourth-order valence-electron chi connectivity index (χ4n) is 2.60. The van der Waals surface area contributed by atoms with E-state index in [9.17, 15) is 4.79 Å². The van der Waals surface area contributed by atoms with Gasteiger partial charge in [0.15, 0.2) is 0 Å². The quantitative estimate of drug-likeness (QED) is 0.388. The van der Waals surface area contributed by atoms with E-state index in [1.807, 2.05) is 60.7 Å². The molecule has 1 aliphatic rings. The number of amides is 1. The van der Waals surface area contributed by atoms with Crippen LogP contribution in [0.5, 0.6) is 0 Å². The number of hydrogen-bond acceptors (Lipinski definition) is 6. The van der Waals surface area contributed by atoms with Crippen LogP contribution in [0, 0.1) is 0 Å². The van der Waals surface area contributed by atoms with Gasteiger partial charge in [-0.05, 0) is 23.3 Å². The van der Waals surface area contributed by atoms with Crippen molar-refractivity contribution in [3.05, 3.63) is 71.8 Å². The number of nitrogens with zero attached hydrogens (tertiary/aromatic N) is 5. The summed E-state index contributed by atoms with van der Waals surface area (Å²) in [5, 5.41) is 16.7. The third kappa shape index (κ3) is 4.40. The van der Waals surface area contributed by atoms with E-state index >= 15 is 0 Å². The van der Waals surface area contributed by atoms with Gasteiger partial charge in [0.2, 0.25) is 5.16 Å². The average molecular weight is 378 g/mol. The van der Waals surface area contributed by atoms with Gasteiger partial charge in [-0.3, -0.25) is 4.79 Å². The minimum atomic E-state index is -0.199. The molecular weight excluding hydrogens is 360 g/mol. The van der Waals surface area contributed by atoms with Crippen LogP contribution in [-0.4, -0.2) is 37.6 Å². The van der Waals surface area contributed by atoms with Crippen LogP contribution < -0.4 is 5.43 Å². The molecule has 1 fully saturated rings. The van der Waals surface area contributed by atoms with Gasteiger partial charge < -0.3 is 0 Å². The SMILES string of the molecule is O=C(CSc1nnnn1C1CC1)NN=C(c1ccccc1)c1ccccc1. The first kappa shape index (κ1) is 17.4. The van der Waals surface area contributed by atoms with E-state index in [0.717, 1.165) is 29.7 Å². The van der Waals surface area contributed by atoms with Crippen molar-refractivity contribution in [2.24, 2.45) is 5.10 Å². The van der Waals surface area contributed by atoms with Crippen molar-refractivity contribution in [3.8, 4) is 0 Å². The van der Waals surface area contributed by atoms with Gasteiger partial charge in [0, 0.05) is 11.1 Å². The Hall–Kier alpha value is -3.00. The Kier molecular flexibility index (Phi) is 5.24. The molecule has 0 radical (unpaired) electrons. The van der Waals surface area contributed by atoms with Crippen LogP contribution in [-0.2, 0) is 4.79 Å². The van der Waals surface area contributed by atoms with Crippen molar-refractivity contribution in [1.82, 2.24) is 25.6 Å². The molecule has 8 heteroatoms. The summed E-state index contributed by atoms with van der Waals surface area (Å²) in [6, 6.07) is 19.9. The predicted octanol–water partition coefficient (Wildman–Crippen LogP) is 2.67. The molecule has 136 valence electrons. The minimum absolute atomic E-state index is 0.199. The standard InChI is InChI=1S/C19H18N6OS/c26-17(13-27-19-22-23-24-25(19)16-11-12-16)20-21-18(14-7-3-1-4-8-14)15-9-5-2-6-10-15/h1-10,16H,11-13H2,(H,20,26). The zero-order chi connectivity index (χ0) is 18.5. The molecule has 3 aromatic rings. The maximum Gasteiger partial charge on any atom is 0.250 e. The summed E-state index contributed by atoms with van der Waals surface area (Å²) in [6.07, 6.45) is 2.18. The van der Waals surface area contributed by atoms with Gasteiger partial charge >= 0.3 is 0 Å². The fourth-order valence-corrected chi connectivity index (χ4v) is 3.33. The van der Waals surface area contributed by atoms with Gasteiger partial charge in [0.05, 0.1) is 17.5 Å². The van der Waals surface area contributed by atoms with E-state index in [0.29, 0.717) is 11.2 Å². The van der Waals surface area contributed by atoms with Crippen LogP contribution in [0.1, 0.15) is 30.0 Å². The van der Waals surface area contributed by atoms with Crippen molar-refractivity contribution in [2.75, 3.05) is 5.75 Å². The van der Waals surface area contributed by atoms with Crippen molar-refractivity contribution in [3.63, 3.8) is 0 Å². The van der Waals surface area contributed by atoms with E-state index in [1.165, 1.54) is 11.8 Å². The smallest absolute Gasteiger partial charge is 0.250 e. The Bertz CT molecular complexity index is 896. The molecule has 27 heavy (non-hydrogen) atoms. The Morgan fingerprint density at radius 2 is 1.70 bits per heavy atom. The van der Waals surface area contributed by atoms with Crippen LogP contribution in [0.2, 0.25) is 0 Å². The molecule has 0 aliphatic heterocycles. The highest BCUT2D eigenvalue weighted by Gasteiger charge is 2.28. The predicted molar refractivity (Wildman–Crippen MR) is 103 cm³/mol. The molecule has 1 amide bonds. The van der Waals surface area contributed by atoms with Crippen LogP contribution in [0.3, 0.4) is 0 Å². The molecule has 4 rings (SSSR count). The second-order valence-electron chi connectivity index (χ2n) is 6.15. The van der Waals surface area contributed by atoms with Crippen LogP contribution in [0.25, 0.3) is 0 Å². The van der Waals surface area contributed by atoms with Gasteiger partial charge in [0.25, 0.3) is 5.91 Å². The van der Waals surface area contributed by atoms with Crippen molar-refractivity contribution in [1.29, 1.82) is 0 Å². The first-order chi connectivity index (χ1) is 13.3. The summed E-state index contributed by atoms with van der Waals surface area (Å²) in [5.74, 6) is 0.00249. The van der Waals surface area contributed by atoms with E-state index in [1.54, 1.807) is 4.68 Å². The second-order valence-corrected chi connectivity index (χ2v) is 7.10. The molecule has 0 atom stereocenters. The number of thioether (sulfide) groups is 1. The van der Waals surface area contributed by atoms with Crippen LogP contribution in [0.15, 0.2) is 70.9 Å². The minimum Gasteiger partial charge on any atom is -0.272 e. The molecule has 0 saturated heterocycles. The molecule has 2 aromatic carbocycles. The highest BCUT2D eigenvalue weighted by atomic mass is 32.2. The molecule has 1 heterocycles. The first-order valence-electron chi connectivity index (χ1n) is 8.69. The van der Waals surface area contributed by atoms with Crippen molar-refractivity contribution >= 4 is 23.4 Å². The molecule has 1 N–H and O–H groups in total. The lowest BCUT2D eigenvalue weighted by atomic mass is 10.0. The molecule has 7 nitrogen and oxygen atoms in total. The van der Waals surface area contributed by atoms with Crippen LogP contribution >= 0.6 is 11.8 Å². The maximum absolute atomic E-state index is 12.3. The van der Waals surface area contributed by atoms with E-state index < -0.39 is 0 Å². The number of carbonyl (C=O) groups excluding carboxylic acids is 1. The van der Waals surface area contributed by atoms with E-state index in [4.69, 9.17) is 0 Å². The molecule has 0 bridgehead atoms. The summed E-state index contributed by atoms with van der Waals surface area (Å²) in [5.41, 5.74) is 5.25. The summed E-state index contributed by atoms with van der Waals surface area (Å²) in [6.45, 7) is 0. The molecule has 1 aliphatic carbocycles. The number of rotatable bonds is 7. The molecule has 1 saturated carbocycles. The first-order valence-corrected chi connectivity index (χ1v) is 9.68. The number of carbonyl (C=O) groups is 1. The van der Waals surface area contributed by atoms with E-state index in [2.05, 4.69) is 26.1 Å². The lowest BCUT2D eigenvalue weighted by Crippen LogP contribution is -2.22. The summed E-state index contributed by atoms with van der Waals surface area (Å²) >= 11 is 1.32. The highest BCUT2D eigenvalue weighted by Crippen LogP contribution is 2.36. The lowest BCUT2D eigenvalue weighted by Gasteiger charge is -2.08. The molecule has 1 aromatic heterocycles. The summed E-state index contributed by atoms with van der Waals surface area (Å²) < 4.78 is 1.79. The molecule has 0 unspecified atom stereocenters. The Balaban J connectivity index is 1.45. The Morgan fingerprint density at radius 1 is 1.07 bits per heavy atom. The number of benzene rings is 2. The number of hydrogen-bond donors (Lipinski definition) is 1. The normalized spacial score (nSPS) is 13.2. The second kappa shape index (κ2) is 8.13. The third-order valence-electron chi connectivity index (χ3n) is 4.07. The Labute approximate surface area is 160 Å². The summed E-state index contributed by atoms with van der Waals surface area (Å²) in [4.78, 5) is 12.3. The van der Waals surface area contributed by atoms with Gasteiger partial charge in [-0.15, -0.1) is 5.10 Å².